The number of rotatable bonds is 4. The lowest BCUT2D eigenvalue weighted by Crippen LogP contribution is -2.30. The van der Waals surface area contributed by atoms with Gasteiger partial charge in [-0.25, -0.2) is 4.98 Å². The van der Waals surface area contributed by atoms with Gasteiger partial charge in [0, 0.05) is 17.0 Å². The van der Waals surface area contributed by atoms with Crippen molar-refractivity contribution >= 4 is 21.6 Å². The van der Waals surface area contributed by atoms with Crippen molar-refractivity contribution in [2.24, 2.45) is 5.92 Å². The van der Waals surface area contributed by atoms with E-state index in [0.29, 0.717) is 18.6 Å². The molecule has 0 radical (unpaired) electrons. The van der Waals surface area contributed by atoms with Gasteiger partial charge in [-0.2, -0.15) is 0 Å². The molecular formula is C18H25N3OS. The smallest absolute Gasteiger partial charge is 0.262 e. The lowest BCUT2D eigenvalue weighted by atomic mass is 9.89. The molecule has 1 saturated carbocycles. The maximum atomic E-state index is 13.2. The van der Waals surface area contributed by atoms with Gasteiger partial charge in [0.1, 0.15) is 10.7 Å². The Morgan fingerprint density at radius 2 is 2.13 bits per heavy atom. The highest BCUT2D eigenvalue weighted by Gasteiger charge is 2.31. The van der Waals surface area contributed by atoms with Crippen molar-refractivity contribution in [3.8, 4) is 0 Å². The summed E-state index contributed by atoms with van der Waals surface area (Å²) in [6.07, 6.45) is 5.58. The van der Waals surface area contributed by atoms with E-state index in [-0.39, 0.29) is 5.56 Å². The molecule has 5 heteroatoms. The average molecular weight is 331 g/mol. The van der Waals surface area contributed by atoms with Gasteiger partial charge < -0.3 is 5.32 Å². The Morgan fingerprint density at radius 3 is 2.83 bits per heavy atom. The van der Waals surface area contributed by atoms with Gasteiger partial charge in [0.25, 0.3) is 5.56 Å². The SMILES string of the molecule is CC1CCc2c(sc3nc(CNC(C)C)n(C4CC4)c(=O)c23)C1. The van der Waals surface area contributed by atoms with E-state index in [1.54, 1.807) is 11.3 Å². The molecule has 1 fully saturated rings. The van der Waals surface area contributed by atoms with Crippen molar-refractivity contribution in [2.45, 2.75) is 71.5 Å². The first-order valence-corrected chi connectivity index (χ1v) is 9.65. The van der Waals surface area contributed by atoms with Crippen LogP contribution in [0.25, 0.3) is 10.2 Å². The highest BCUT2D eigenvalue weighted by molar-refractivity contribution is 7.18. The van der Waals surface area contributed by atoms with Crippen LogP contribution < -0.4 is 10.9 Å². The van der Waals surface area contributed by atoms with E-state index in [9.17, 15) is 4.79 Å². The lowest BCUT2D eigenvalue weighted by Gasteiger charge is -2.18. The van der Waals surface area contributed by atoms with E-state index < -0.39 is 0 Å². The average Bonchev–Trinajstić information content (AvgIpc) is 3.25. The summed E-state index contributed by atoms with van der Waals surface area (Å²) in [5.41, 5.74) is 1.52. The van der Waals surface area contributed by atoms with Crippen LogP contribution in [0.2, 0.25) is 0 Å². The van der Waals surface area contributed by atoms with Crippen LogP contribution in [0.3, 0.4) is 0 Å². The first-order valence-electron chi connectivity index (χ1n) is 8.83. The molecule has 0 spiro atoms. The fraction of sp³-hybridized carbons (Fsp3) is 0.667. The van der Waals surface area contributed by atoms with Gasteiger partial charge in [-0.05, 0) is 43.6 Å². The minimum Gasteiger partial charge on any atom is -0.308 e. The molecule has 2 heterocycles. The molecule has 2 aromatic rings. The van der Waals surface area contributed by atoms with E-state index in [1.165, 1.54) is 16.9 Å². The maximum Gasteiger partial charge on any atom is 0.262 e. The van der Waals surface area contributed by atoms with Crippen molar-refractivity contribution in [3.05, 3.63) is 26.6 Å². The normalized spacial score (nSPS) is 21.1. The summed E-state index contributed by atoms with van der Waals surface area (Å²) in [6, 6.07) is 0.772. The molecule has 2 aliphatic rings. The van der Waals surface area contributed by atoms with Crippen LogP contribution in [0.5, 0.6) is 0 Å². The molecule has 0 saturated heterocycles. The van der Waals surface area contributed by atoms with Crippen molar-refractivity contribution < 1.29 is 0 Å². The first-order chi connectivity index (χ1) is 11.0. The molecule has 2 aliphatic carbocycles. The van der Waals surface area contributed by atoms with Crippen LogP contribution in [0.4, 0.5) is 0 Å². The number of fused-ring (bicyclic) bond motifs is 3. The Labute approximate surface area is 140 Å². The summed E-state index contributed by atoms with van der Waals surface area (Å²) in [6.45, 7) is 7.24. The van der Waals surface area contributed by atoms with Gasteiger partial charge in [-0.3, -0.25) is 9.36 Å². The maximum absolute atomic E-state index is 13.2. The highest BCUT2D eigenvalue weighted by Crippen LogP contribution is 2.38. The summed E-state index contributed by atoms with van der Waals surface area (Å²) in [5.74, 6) is 1.65. The van der Waals surface area contributed by atoms with Crippen LogP contribution >= 0.6 is 11.3 Å². The summed E-state index contributed by atoms with van der Waals surface area (Å²) >= 11 is 1.75. The molecule has 2 aromatic heterocycles. The summed E-state index contributed by atoms with van der Waals surface area (Å²) in [4.78, 5) is 20.5. The van der Waals surface area contributed by atoms with Crippen molar-refractivity contribution in [1.29, 1.82) is 0 Å². The third-order valence-electron chi connectivity index (χ3n) is 5.01. The highest BCUT2D eigenvalue weighted by atomic mass is 32.1. The number of nitrogens with zero attached hydrogens (tertiary/aromatic N) is 2. The number of nitrogens with one attached hydrogen (secondary N) is 1. The van der Waals surface area contributed by atoms with Gasteiger partial charge >= 0.3 is 0 Å². The Balaban J connectivity index is 1.87. The summed E-state index contributed by atoms with van der Waals surface area (Å²) in [7, 11) is 0. The summed E-state index contributed by atoms with van der Waals surface area (Å²) in [5, 5.41) is 4.36. The molecule has 0 amide bonds. The van der Waals surface area contributed by atoms with Gasteiger partial charge in [0.05, 0.1) is 11.9 Å². The third kappa shape index (κ3) is 2.74. The van der Waals surface area contributed by atoms with E-state index >= 15 is 0 Å². The van der Waals surface area contributed by atoms with Gasteiger partial charge in [-0.1, -0.05) is 20.8 Å². The number of hydrogen-bond donors (Lipinski definition) is 1. The Morgan fingerprint density at radius 1 is 1.35 bits per heavy atom. The predicted octanol–water partition coefficient (Wildman–Crippen LogP) is 3.42. The lowest BCUT2D eigenvalue weighted by molar-refractivity contribution is 0.508. The number of hydrogen-bond acceptors (Lipinski definition) is 4. The molecule has 4 nitrogen and oxygen atoms in total. The van der Waals surface area contributed by atoms with Crippen LogP contribution in [0.15, 0.2) is 4.79 Å². The van der Waals surface area contributed by atoms with E-state index in [0.717, 1.165) is 47.6 Å². The molecule has 0 aromatic carbocycles. The monoisotopic (exact) mass is 331 g/mol. The number of aryl methyl sites for hydroxylation is 1. The molecule has 0 aliphatic heterocycles. The van der Waals surface area contributed by atoms with E-state index in [1.807, 2.05) is 4.57 Å². The van der Waals surface area contributed by atoms with Crippen LogP contribution in [0.1, 0.15) is 62.3 Å². The second kappa shape index (κ2) is 5.71. The zero-order valence-electron chi connectivity index (χ0n) is 14.2. The van der Waals surface area contributed by atoms with Crippen molar-refractivity contribution in [3.63, 3.8) is 0 Å². The van der Waals surface area contributed by atoms with Gasteiger partial charge in [0.2, 0.25) is 0 Å². The standard InChI is InChI=1S/C18H25N3OS/c1-10(2)19-9-15-20-17-16(18(22)21(15)12-5-6-12)13-7-4-11(3)8-14(13)23-17/h10-12,19H,4-9H2,1-3H3. The molecule has 23 heavy (non-hydrogen) atoms. The fourth-order valence-corrected chi connectivity index (χ4v) is 4.97. The quantitative estimate of drug-likeness (QED) is 0.934. The predicted molar refractivity (Wildman–Crippen MR) is 95.3 cm³/mol. The summed E-state index contributed by atoms with van der Waals surface area (Å²) < 4.78 is 1.99. The van der Waals surface area contributed by atoms with Gasteiger partial charge in [0.15, 0.2) is 0 Å². The van der Waals surface area contributed by atoms with Crippen LogP contribution in [0, 0.1) is 5.92 Å². The molecule has 4 rings (SSSR count). The molecular weight excluding hydrogens is 306 g/mol. The minimum atomic E-state index is 0.213. The number of thiophene rings is 1. The van der Waals surface area contributed by atoms with E-state index in [2.05, 4.69) is 26.1 Å². The largest absolute Gasteiger partial charge is 0.308 e. The molecule has 124 valence electrons. The zero-order chi connectivity index (χ0) is 16.1. The second-order valence-corrected chi connectivity index (χ2v) is 8.59. The molecule has 1 atom stereocenters. The second-order valence-electron chi connectivity index (χ2n) is 7.50. The van der Waals surface area contributed by atoms with Gasteiger partial charge in [-0.15, -0.1) is 11.3 Å². The topological polar surface area (TPSA) is 46.9 Å². The fourth-order valence-electron chi connectivity index (χ4n) is 3.57. The van der Waals surface area contributed by atoms with Crippen molar-refractivity contribution in [1.82, 2.24) is 14.9 Å². The van der Waals surface area contributed by atoms with Crippen LogP contribution in [-0.2, 0) is 19.4 Å². The molecule has 1 N–H and O–H groups in total. The Bertz CT molecular complexity index is 801. The third-order valence-corrected chi connectivity index (χ3v) is 6.16. The van der Waals surface area contributed by atoms with E-state index in [4.69, 9.17) is 4.98 Å². The molecule has 0 bridgehead atoms. The first kappa shape index (κ1) is 15.3. The molecule has 1 unspecified atom stereocenters. The Hall–Kier alpha value is -1.20. The number of aromatic nitrogens is 2. The zero-order valence-corrected chi connectivity index (χ0v) is 15.0. The Kier molecular flexibility index (Phi) is 3.81. The van der Waals surface area contributed by atoms with Crippen LogP contribution in [-0.4, -0.2) is 15.6 Å². The minimum absolute atomic E-state index is 0.213. The van der Waals surface area contributed by atoms with Crippen molar-refractivity contribution in [2.75, 3.05) is 0 Å².